The molecule has 11 nitrogen and oxygen atoms in total. The first-order valence-electron chi connectivity index (χ1n) is 12.1. The summed E-state index contributed by atoms with van der Waals surface area (Å²) in [5.74, 6) is -1.95. The van der Waals surface area contributed by atoms with Gasteiger partial charge in [-0.3, -0.25) is 4.79 Å². The maximum atomic E-state index is 13.1. The van der Waals surface area contributed by atoms with Crippen LogP contribution in [0.4, 0.5) is 0 Å². The number of ketones is 1. The van der Waals surface area contributed by atoms with Gasteiger partial charge in [0.1, 0.15) is 41.5 Å². The second-order valence-electron chi connectivity index (χ2n) is 9.13. The van der Waals surface area contributed by atoms with E-state index in [-0.39, 0.29) is 35.7 Å². The lowest BCUT2D eigenvalue weighted by Gasteiger charge is -2.42. The van der Waals surface area contributed by atoms with Crippen molar-refractivity contribution in [1.29, 1.82) is 0 Å². The van der Waals surface area contributed by atoms with Crippen molar-refractivity contribution >= 4 is 22.7 Å². The van der Waals surface area contributed by atoms with Gasteiger partial charge in [-0.1, -0.05) is 6.07 Å². The number of rotatable bonds is 9. The number of fused-ring (bicyclic) bond motifs is 1. The van der Waals surface area contributed by atoms with Gasteiger partial charge in [0.25, 0.3) is 0 Å². The van der Waals surface area contributed by atoms with E-state index in [2.05, 4.69) is 4.74 Å². The standard InChI is InChI=1S/C27H30O11/c1-3-36-21-12-19(29)16(18(28)6-4-14-5-7-20-15(10-14)8-9-37-20)11-17(21)22(30)24-23(31)25(32)27(34,13-38-24)26(33)35-2/h5,7-12,22-25,29-32,34H,3-4,6,13H2,1-2H3/t22?,23-,24-,25+,27+/m1/s1. The quantitative estimate of drug-likeness (QED) is 0.200. The number of aliphatic hydroxyl groups excluding tert-OH is 3. The summed E-state index contributed by atoms with van der Waals surface area (Å²) >= 11 is 0. The van der Waals surface area contributed by atoms with Crippen molar-refractivity contribution in [3.63, 3.8) is 0 Å². The van der Waals surface area contributed by atoms with E-state index in [0.717, 1.165) is 23.6 Å². The maximum absolute atomic E-state index is 13.1. The second-order valence-corrected chi connectivity index (χ2v) is 9.13. The number of hydrogen-bond acceptors (Lipinski definition) is 11. The number of esters is 1. The van der Waals surface area contributed by atoms with Crippen molar-refractivity contribution in [1.82, 2.24) is 0 Å². The first-order chi connectivity index (χ1) is 18.1. The summed E-state index contributed by atoms with van der Waals surface area (Å²) in [6.07, 6.45) is -5.12. The lowest BCUT2D eigenvalue weighted by atomic mass is 9.84. The van der Waals surface area contributed by atoms with Crippen LogP contribution in [-0.2, 0) is 20.7 Å². The summed E-state index contributed by atoms with van der Waals surface area (Å²) in [4.78, 5) is 25.0. The molecule has 1 aliphatic rings. The first kappa shape index (κ1) is 27.6. The summed E-state index contributed by atoms with van der Waals surface area (Å²) < 4.78 is 20.7. The van der Waals surface area contributed by atoms with Crippen molar-refractivity contribution < 1.29 is 53.7 Å². The number of aromatic hydroxyl groups is 1. The Morgan fingerprint density at radius 3 is 2.66 bits per heavy atom. The molecule has 38 heavy (non-hydrogen) atoms. The van der Waals surface area contributed by atoms with Gasteiger partial charge in [0, 0.05) is 23.4 Å². The largest absolute Gasteiger partial charge is 0.507 e. The van der Waals surface area contributed by atoms with E-state index in [9.17, 15) is 35.1 Å². The van der Waals surface area contributed by atoms with Gasteiger partial charge in [-0.05, 0) is 43.2 Å². The van der Waals surface area contributed by atoms with Gasteiger partial charge in [-0.25, -0.2) is 4.79 Å². The van der Waals surface area contributed by atoms with Crippen LogP contribution in [0.5, 0.6) is 11.5 Å². The number of phenols is 1. The Hall–Kier alpha value is -3.48. The first-order valence-corrected chi connectivity index (χ1v) is 12.1. The number of methoxy groups -OCH3 is 1. The molecule has 0 aliphatic carbocycles. The van der Waals surface area contributed by atoms with Gasteiger partial charge in [-0.15, -0.1) is 0 Å². The average Bonchev–Trinajstić information content (AvgIpc) is 3.38. The summed E-state index contributed by atoms with van der Waals surface area (Å²) in [7, 11) is 0.999. The van der Waals surface area contributed by atoms with Gasteiger partial charge in [-0.2, -0.15) is 0 Å². The van der Waals surface area contributed by atoms with Gasteiger partial charge >= 0.3 is 5.97 Å². The van der Waals surface area contributed by atoms with Gasteiger partial charge in [0.05, 0.1) is 32.2 Å². The molecular formula is C27H30O11. The number of Topliss-reactive ketones (excluding diaryl/α,β-unsaturated/α-hetero) is 1. The lowest BCUT2D eigenvalue weighted by molar-refractivity contribution is -0.255. The van der Waals surface area contributed by atoms with E-state index in [1.54, 1.807) is 13.2 Å². The molecule has 4 rings (SSSR count). The number of carbonyl (C=O) groups is 2. The molecule has 1 aliphatic heterocycles. The van der Waals surface area contributed by atoms with Crippen LogP contribution >= 0.6 is 0 Å². The lowest BCUT2D eigenvalue weighted by Crippen LogP contribution is -2.66. The summed E-state index contributed by atoms with van der Waals surface area (Å²) in [5, 5.41) is 54.1. The maximum Gasteiger partial charge on any atom is 0.343 e. The van der Waals surface area contributed by atoms with E-state index in [1.807, 2.05) is 24.3 Å². The predicted molar refractivity (Wildman–Crippen MR) is 132 cm³/mol. The molecule has 1 unspecified atom stereocenters. The molecule has 204 valence electrons. The molecule has 0 amide bonds. The van der Waals surface area contributed by atoms with Crippen LogP contribution in [0.1, 0.15) is 40.9 Å². The molecule has 3 aromatic rings. The van der Waals surface area contributed by atoms with E-state index in [1.165, 1.54) is 12.1 Å². The van der Waals surface area contributed by atoms with Crippen LogP contribution in [0.15, 0.2) is 47.1 Å². The summed E-state index contributed by atoms with van der Waals surface area (Å²) in [5.41, 5.74) is -0.992. The third kappa shape index (κ3) is 5.11. The van der Waals surface area contributed by atoms with E-state index in [4.69, 9.17) is 13.9 Å². The molecular weight excluding hydrogens is 500 g/mol. The molecule has 5 N–H and O–H groups in total. The SMILES string of the molecule is CCOc1cc(O)c(C(=O)CCc2ccc3occc3c2)cc1C(O)[C@H]1OC[C@@](O)(C(=O)OC)[C@@H](O)[C@@H]1O. The molecule has 0 radical (unpaired) electrons. The van der Waals surface area contributed by atoms with Crippen molar-refractivity contribution in [3.05, 3.63) is 59.4 Å². The molecule has 2 heterocycles. The highest BCUT2D eigenvalue weighted by molar-refractivity contribution is 5.99. The Balaban J connectivity index is 1.57. The van der Waals surface area contributed by atoms with Crippen molar-refractivity contribution in [2.24, 2.45) is 0 Å². The minimum Gasteiger partial charge on any atom is -0.507 e. The monoisotopic (exact) mass is 530 g/mol. The van der Waals surface area contributed by atoms with Crippen LogP contribution in [0, 0.1) is 0 Å². The number of aryl methyl sites for hydroxylation is 1. The van der Waals surface area contributed by atoms with Gasteiger partial charge in [0.2, 0.25) is 5.60 Å². The van der Waals surface area contributed by atoms with Crippen molar-refractivity contribution in [2.45, 2.75) is 49.8 Å². The molecule has 1 saturated heterocycles. The molecule has 0 saturated carbocycles. The molecule has 1 aromatic heterocycles. The predicted octanol–water partition coefficient (Wildman–Crippen LogP) is 1.41. The van der Waals surface area contributed by atoms with Crippen LogP contribution in [-0.4, -0.2) is 81.5 Å². The van der Waals surface area contributed by atoms with Gasteiger partial charge < -0.3 is 44.2 Å². The molecule has 5 atom stereocenters. The zero-order valence-electron chi connectivity index (χ0n) is 20.9. The van der Waals surface area contributed by atoms with Gasteiger partial charge in [0.15, 0.2) is 5.78 Å². The summed E-state index contributed by atoms with van der Waals surface area (Å²) in [6.45, 7) is 1.06. The number of ether oxygens (including phenoxy) is 3. The third-order valence-electron chi connectivity index (χ3n) is 6.70. The Labute approximate surface area is 217 Å². The second kappa shape index (κ2) is 11.1. The normalized spacial score (nSPS) is 24.2. The number of hydrogen-bond donors (Lipinski definition) is 5. The fourth-order valence-electron chi connectivity index (χ4n) is 4.57. The molecule has 11 heteroatoms. The minimum atomic E-state index is -2.54. The fourth-order valence-corrected chi connectivity index (χ4v) is 4.57. The van der Waals surface area contributed by atoms with E-state index < -0.39 is 48.4 Å². The van der Waals surface area contributed by atoms with E-state index >= 15 is 0 Å². The highest BCUT2D eigenvalue weighted by atomic mass is 16.6. The van der Waals surface area contributed by atoms with Crippen molar-refractivity contribution in [3.8, 4) is 11.5 Å². The molecule has 0 bridgehead atoms. The van der Waals surface area contributed by atoms with Crippen molar-refractivity contribution in [2.75, 3.05) is 20.3 Å². The fraction of sp³-hybridized carbons (Fsp3) is 0.407. The highest BCUT2D eigenvalue weighted by Gasteiger charge is 2.56. The van der Waals surface area contributed by atoms with Crippen LogP contribution in [0.25, 0.3) is 11.0 Å². The summed E-state index contributed by atoms with van der Waals surface area (Å²) in [6, 6.07) is 9.80. The highest BCUT2D eigenvalue weighted by Crippen LogP contribution is 2.39. The topological polar surface area (TPSA) is 176 Å². The Bertz CT molecular complexity index is 1320. The number of furan rings is 1. The number of aliphatic hydroxyl groups is 4. The zero-order chi connectivity index (χ0) is 27.6. The van der Waals surface area contributed by atoms with E-state index in [0.29, 0.717) is 6.42 Å². The molecule has 0 spiro atoms. The Morgan fingerprint density at radius 1 is 1.18 bits per heavy atom. The smallest absolute Gasteiger partial charge is 0.343 e. The van der Waals surface area contributed by atoms with Crippen LogP contribution in [0.3, 0.4) is 0 Å². The number of carbonyl (C=O) groups excluding carboxylic acids is 2. The average molecular weight is 531 g/mol. The number of phenolic OH excluding ortho intramolecular Hbond substituents is 1. The number of benzene rings is 2. The Kier molecular flexibility index (Phi) is 8.05. The van der Waals surface area contributed by atoms with Crippen LogP contribution < -0.4 is 4.74 Å². The van der Waals surface area contributed by atoms with Crippen LogP contribution in [0.2, 0.25) is 0 Å². The third-order valence-corrected chi connectivity index (χ3v) is 6.70. The minimum absolute atomic E-state index is 0.00701. The Morgan fingerprint density at radius 2 is 1.95 bits per heavy atom. The zero-order valence-corrected chi connectivity index (χ0v) is 20.9. The molecule has 1 fully saturated rings. The molecule has 2 aromatic carbocycles.